The highest BCUT2D eigenvalue weighted by Gasteiger charge is 2.23. The minimum atomic E-state index is -0.470. The zero-order chi connectivity index (χ0) is 14.3. The van der Waals surface area contributed by atoms with Crippen molar-refractivity contribution in [3.8, 4) is 0 Å². The Morgan fingerprint density at radius 3 is 2.28 bits per heavy atom. The van der Waals surface area contributed by atoms with Gasteiger partial charge in [-0.05, 0) is 24.2 Å². The van der Waals surface area contributed by atoms with Crippen molar-refractivity contribution < 1.29 is 9.90 Å². The summed E-state index contributed by atoms with van der Waals surface area (Å²) in [5, 5.41) is 12.5. The lowest BCUT2D eigenvalue weighted by Gasteiger charge is -2.25. The maximum absolute atomic E-state index is 11.9. The molecule has 0 aromatic carbocycles. The summed E-state index contributed by atoms with van der Waals surface area (Å²) < 4.78 is 0. The van der Waals surface area contributed by atoms with Gasteiger partial charge >= 0.3 is 0 Å². The lowest BCUT2D eigenvalue weighted by atomic mass is 9.84. The first-order chi connectivity index (χ1) is 8.15. The minimum Gasteiger partial charge on any atom is -0.391 e. The van der Waals surface area contributed by atoms with Gasteiger partial charge < -0.3 is 16.2 Å². The number of aliphatic hydroxyl groups excluding tert-OH is 1. The quantitative estimate of drug-likeness (QED) is 0.648. The summed E-state index contributed by atoms with van der Waals surface area (Å²) in [7, 11) is 0. The average molecular weight is 258 g/mol. The van der Waals surface area contributed by atoms with Crippen LogP contribution in [0.3, 0.4) is 0 Å². The molecule has 0 aromatic heterocycles. The largest absolute Gasteiger partial charge is 0.391 e. The third-order valence-electron chi connectivity index (χ3n) is 2.77. The van der Waals surface area contributed by atoms with Crippen LogP contribution in [0.25, 0.3) is 0 Å². The van der Waals surface area contributed by atoms with Crippen LogP contribution in [0.4, 0.5) is 0 Å². The summed E-state index contributed by atoms with van der Waals surface area (Å²) >= 11 is 0. The SMILES string of the molecule is CC(C)CC(O)CNC(=O)C(CN)CC(C)(C)C. The van der Waals surface area contributed by atoms with Crippen LogP contribution >= 0.6 is 0 Å². The number of rotatable bonds is 7. The molecule has 0 radical (unpaired) electrons. The predicted molar refractivity (Wildman–Crippen MR) is 75.1 cm³/mol. The van der Waals surface area contributed by atoms with Gasteiger partial charge in [-0.3, -0.25) is 4.79 Å². The third kappa shape index (κ3) is 8.48. The van der Waals surface area contributed by atoms with Gasteiger partial charge in [0.25, 0.3) is 0 Å². The van der Waals surface area contributed by atoms with Gasteiger partial charge in [0, 0.05) is 13.1 Å². The highest BCUT2D eigenvalue weighted by Crippen LogP contribution is 2.23. The topological polar surface area (TPSA) is 75.3 Å². The Kier molecular flexibility index (Phi) is 7.48. The van der Waals surface area contributed by atoms with Gasteiger partial charge in [0.15, 0.2) is 0 Å². The highest BCUT2D eigenvalue weighted by molar-refractivity contribution is 5.78. The van der Waals surface area contributed by atoms with E-state index < -0.39 is 6.10 Å². The number of nitrogens with one attached hydrogen (secondary N) is 1. The lowest BCUT2D eigenvalue weighted by molar-refractivity contribution is -0.126. The van der Waals surface area contributed by atoms with Gasteiger partial charge in [-0.25, -0.2) is 0 Å². The monoisotopic (exact) mass is 258 g/mol. The molecule has 0 heterocycles. The molecule has 0 spiro atoms. The van der Waals surface area contributed by atoms with Crippen LogP contribution in [-0.2, 0) is 4.79 Å². The first-order valence-corrected chi connectivity index (χ1v) is 6.81. The maximum Gasteiger partial charge on any atom is 0.224 e. The molecule has 0 fully saturated rings. The van der Waals surface area contributed by atoms with E-state index in [9.17, 15) is 9.90 Å². The van der Waals surface area contributed by atoms with Crippen molar-refractivity contribution in [3.63, 3.8) is 0 Å². The Hall–Kier alpha value is -0.610. The second-order valence-corrected chi connectivity index (χ2v) is 6.73. The van der Waals surface area contributed by atoms with Crippen molar-refractivity contribution in [1.82, 2.24) is 5.32 Å². The van der Waals surface area contributed by atoms with E-state index in [4.69, 9.17) is 5.73 Å². The second kappa shape index (κ2) is 7.74. The molecule has 0 aliphatic rings. The fourth-order valence-corrected chi connectivity index (χ4v) is 2.01. The summed E-state index contributed by atoms with van der Waals surface area (Å²) in [4.78, 5) is 11.9. The Morgan fingerprint density at radius 1 is 1.33 bits per heavy atom. The number of hydrogen-bond acceptors (Lipinski definition) is 3. The summed E-state index contributed by atoms with van der Waals surface area (Å²) in [5.41, 5.74) is 5.73. The van der Waals surface area contributed by atoms with Crippen LogP contribution < -0.4 is 11.1 Å². The predicted octanol–water partition coefficient (Wildman–Crippen LogP) is 1.52. The molecule has 18 heavy (non-hydrogen) atoms. The molecule has 4 nitrogen and oxygen atoms in total. The van der Waals surface area contributed by atoms with E-state index in [1.54, 1.807) is 0 Å². The van der Waals surface area contributed by atoms with Crippen LogP contribution in [0.5, 0.6) is 0 Å². The molecular weight excluding hydrogens is 228 g/mol. The molecule has 1 amide bonds. The third-order valence-corrected chi connectivity index (χ3v) is 2.77. The van der Waals surface area contributed by atoms with Gasteiger partial charge in [-0.15, -0.1) is 0 Å². The van der Waals surface area contributed by atoms with E-state index in [0.29, 0.717) is 25.4 Å². The molecular formula is C14H30N2O2. The normalized spacial score (nSPS) is 15.6. The summed E-state index contributed by atoms with van der Waals surface area (Å²) in [6, 6.07) is 0. The van der Waals surface area contributed by atoms with Gasteiger partial charge in [0.1, 0.15) is 0 Å². The maximum atomic E-state index is 11.9. The van der Waals surface area contributed by atoms with Crippen molar-refractivity contribution in [2.24, 2.45) is 23.0 Å². The standard InChI is InChI=1S/C14H30N2O2/c1-10(2)6-12(17)9-16-13(18)11(8-15)7-14(3,4)5/h10-12,17H,6-9,15H2,1-5H3,(H,16,18). The van der Waals surface area contributed by atoms with Crippen molar-refractivity contribution in [3.05, 3.63) is 0 Å². The van der Waals surface area contributed by atoms with E-state index in [0.717, 1.165) is 6.42 Å². The Balaban J connectivity index is 4.13. The van der Waals surface area contributed by atoms with Gasteiger partial charge in [-0.2, -0.15) is 0 Å². The van der Waals surface area contributed by atoms with Crippen molar-refractivity contribution in [2.45, 2.75) is 53.6 Å². The fraction of sp³-hybridized carbons (Fsp3) is 0.929. The molecule has 0 aromatic rings. The van der Waals surface area contributed by atoms with Crippen LogP contribution in [0.2, 0.25) is 0 Å². The molecule has 0 saturated carbocycles. The Bertz CT molecular complexity index is 247. The molecule has 2 atom stereocenters. The first kappa shape index (κ1) is 17.4. The highest BCUT2D eigenvalue weighted by atomic mass is 16.3. The van der Waals surface area contributed by atoms with E-state index in [-0.39, 0.29) is 17.2 Å². The summed E-state index contributed by atoms with van der Waals surface area (Å²) in [5.74, 6) is 0.211. The number of hydrogen-bond donors (Lipinski definition) is 3. The van der Waals surface area contributed by atoms with E-state index in [1.807, 2.05) is 13.8 Å². The molecule has 0 aliphatic heterocycles. The zero-order valence-electron chi connectivity index (χ0n) is 12.5. The first-order valence-electron chi connectivity index (χ1n) is 6.81. The molecule has 2 unspecified atom stereocenters. The van der Waals surface area contributed by atoms with Crippen molar-refractivity contribution in [2.75, 3.05) is 13.1 Å². The van der Waals surface area contributed by atoms with Crippen LogP contribution in [0.15, 0.2) is 0 Å². The summed E-state index contributed by atoms with van der Waals surface area (Å²) in [6.45, 7) is 11.0. The fourth-order valence-electron chi connectivity index (χ4n) is 2.01. The Morgan fingerprint density at radius 2 is 1.89 bits per heavy atom. The van der Waals surface area contributed by atoms with E-state index in [2.05, 4.69) is 26.1 Å². The second-order valence-electron chi connectivity index (χ2n) is 6.73. The average Bonchev–Trinajstić information content (AvgIpc) is 2.20. The number of amides is 1. The van der Waals surface area contributed by atoms with Gasteiger partial charge in [0.2, 0.25) is 5.91 Å². The van der Waals surface area contributed by atoms with Crippen LogP contribution in [-0.4, -0.2) is 30.2 Å². The lowest BCUT2D eigenvalue weighted by Crippen LogP contribution is -2.40. The van der Waals surface area contributed by atoms with Crippen LogP contribution in [0.1, 0.15) is 47.5 Å². The Labute approximate surface area is 111 Å². The molecule has 0 saturated heterocycles. The number of nitrogens with two attached hydrogens (primary N) is 1. The van der Waals surface area contributed by atoms with Gasteiger partial charge in [0.05, 0.1) is 12.0 Å². The molecule has 0 rings (SSSR count). The molecule has 0 aliphatic carbocycles. The number of carbonyl (C=O) groups is 1. The summed E-state index contributed by atoms with van der Waals surface area (Å²) in [6.07, 6.45) is 0.990. The number of aliphatic hydroxyl groups is 1. The van der Waals surface area contributed by atoms with E-state index >= 15 is 0 Å². The van der Waals surface area contributed by atoms with Gasteiger partial charge in [-0.1, -0.05) is 34.6 Å². The molecule has 108 valence electrons. The minimum absolute atomic E-state index is 0.0461. The van der Waals surface area contributed by atoms with Crippen LogP contribution in [0, 0.1) is 17.3 Å². The number of carbonyl (C=O) groups excluding carboxylic acids is 1. The van der Waals surface area contributed by atoms with Crippen molar-refractivity contribution >= 4 is 5.91 Å². The van der Waals surface area contributed by atoms with E-state index in [1.165, 1.54) is 0 Å². The smallest absolute Gasteiger partial charge is 0.224 e. The molecule has 0 bridgehead atoms. The molecule has 4 N–H and O–H groups in total. The zero-order valence-corrected chi connectivity index (χ0v) is 12.5. The molecule has 4 heteroatoms. The van der Waals surface area contributed by atoms with Crippen molar-refractivity contribution in [1.29, 1.82) is 0 Å².